The van der Waals surface area contributed by atoms with Crippen LogP contribution in [-0.2, 0) is 0 Å². The van der Waals surface area contributed by atoms with Crippen LogP contribution in [0.5, 0.6) is 0 Å². The molecule has 0 atom stereocenters. The standard InChI is InChI=1S/4C4H9.2As.2Sn/c4*1-4(2)3;;;;/h4*1-3H3;;;;. The second kappa shape index (κ2) is 11.3. The van der Waals surface area contributed by atoms with Crippen LogP contribution in [0.4, 0.5) is 0 Å². The van der Waals surface area contributed by atoms with Crippen LogP contribution in [0.15, 0.2) is 0 Å². The maximum Gasteiger partial charge on any atom is 0 e. The van der Waals surface area contributed by atoms with Crippen molar-refractivity contribution >= 4 is 78.2 Å². The molecule has 0 saturated carbocycles. The quantitative estimate of drug-likeness (QED) is 0.316. The van der Waals surface area contributed by atoms with E-state index < -0.39 is 0 Å². The summed E-state index contributed by atoms with van der Waals surface area (Å²) >= 11 is -0.363. The second-order valence-corrected chi connectivity index (χ2v) is 27.8. The summed E-state index contributed by atoms with van der Waals surface area (Å²) in [4.78, 5) is 0. The van der Waals surface area contributed by atoms with Crippen LogP contribution in [0.25, 0.3) is 0 Å². The Hall–Kier alpha value is 2.71. The molecular formula is C16H36As2Sn2. The maximum absolute atomic E-state index is 2.37. The average Bonchev–Trinajstić information content (AvgIpc) is 1.64. The third kappa shape index (κ3) is 37.2. The monoisotopic (exact) mass is 618 g/mol. The van der Waals surface area contributed by atoms with Crippen molar-refractivity contribution < 1.29 is 0 Å². The molecule has 0 aliphatic heterocycles. The molecular weight excluding hydrogens is 579 g/mol. The SMILES string of the molecule is C[C](C)(C)[Sn][C](C)(C)C.C[C](C)(C)[Sn][C](C)(C)C.[As].[As]. The topological polar surface area (TPSA) is 0 Å². The van der Waals surface area contributed by atoms with Crippen molar-refractivity contribution in [2.24, 2.45) is 0 Å². The summed E-state index contributed by atoms with van der Waals surface area (Å²) in [6, 6.07) is 0. The number of hydrogen-bond donors (Lipinski definition) is 0. The normalized spacial score (nSPS) is 12.6. The number of hydrogen-bond acceptors (Lipinski definition) is 0. The first kappa shape index (κ1) is 30.6. The van der Waals surface area contributed by atoms with Crippen LogP contribution in [0, 0.1) is 0 Å². The molecule has 4 heteroatoms. The van der Waals surface area contributed by atoms with Crippen LogP contribution in [-0.4, -0.2) is 78.2 Å². The molecule has 0 saturated heterocycles. The zero-order valence-corrected chi connectivity index (χ0v) is 25.4. The van der Waals surface area contributed by atoms with Crippen LogP contribution in [0.2, 0.25) is 13.7 Å². The van der Waals surface area contributed by atoms with Crippen LogP contribution in [0.1, 0.15) is 83.1 Å². The van der Waals surface area contributed by atoms with Gasteiger partial charge in [-0.1, -0.05) is 0 Å². The van der Waals surface area contributed by atoms with Gasteiger partial charge >= 0.3 is 139 Å². The van der Waals surface area contributed by atoms with Crippen molar-refractivity contribution in [2.75, 3.05) is 0 Å². The van der Waals surface area contributed by atoms with E-state index in [1.807, 2.05) is 0 Å². The molecule has 0 unspecified atom stereocenters. The first-order chi connectivity index (χ1) is 7.41. The Kier molecular flexibility index (Phi) is 17.3. The second-order valence-electron chi connectivity index (χ2n) is 9.25. The fourth-order valence-electron chi connectivity index (χ4n) is 2.25. The summed E-state index contributed by atoms with van der Waals surface area (Å²) in [5.41, 5.74) is 0. The average molecular weight is 616 g/mol. The molecule has 0 aliphatic rings. The van der Waals surface area contributed by atoms with Gasteiger partial charge in [0, 0.05) is 35.9 Å². The van der Waals surface area contributed by atoms with Gasteiger partial charge in [-0.2, -0.15) is 0 Å². The van der Waals surface area contributed by atoms with Gasteiger partial charge in [0.2, 0.25) is 0 Å². The molecule has 0 N–H and O–H groups in total. The molecule has 0 spiro atoms. The van der Waals surface area contributed by atoms with Crippen molar-refractivity contribution in [3.63, 3.8) is 0 Å². The van der Waals surface area contributed by atoms with E-state index in [1.54, 1.807) is 0 Å². The summed E-state index contributed by atoms with van der Waals surface area (Å²) in [6.45, 7) is 28.4. The van der Waals surface area contributed by atoms with Crippen molar-refractivity contribution in [1.82, 2.24) is 0 Å². The van der Waals surface area contributed by atoms with Gasteiger partial charge in [-0.05, 0) is 0 Å². The third-order valence-electron chi connectivity index (χ3n) is 1.50. The molecule has 118 valence electrons. The smallest absolute Gasteiger partial charge is 0 e. The largest absolute Gasteiger partial charge is 0 e. The minimum absolute atomic E-state index is 0. The minimum atomic E-state index is -0.182. The van der Waals surface area contributed by atoms with Crippen molar-refractivity contribution in [3.8, 4) is 0 Å². The van der Waals surface area contributed by atoms with E-state index in [-0.39, 0.29) is 78.2 Å². The van der Waals surface area contributed by atoms with Crippen molar-refractivity contribution in [2.45, 2.75) is 96.8 Å². The molecule has 0 bridgehead atoms. The predicted molar refractivity (Wildman–Crippen MR) is 102 cm³/mol. The van der Waals surface area contributed by atoms with Gasteiger partial charge in [-0.3, -0.25) is 0 Å². The van der Waals surface area contributed by atoms with Gasteiger partial charge in [0.15, 0.2) is 0 Å². The van der Waals surface area contributed by atoms with Crippen molar-refractivity contribution in [3.05, 3.63) is 0 Å². The van der Waals surface area contributed by atoms with Crippen LogP contribution in [0.3, 0.4) is 0 Å². The van der Waals surface area contributed by atoms with Gasteiger partial charge in [0.05, 0.1) is 0 Å². The van der Waals surface area contributed by atoms with E-state index in [1.165, 1.54) is 0 Å². The fourth-order valence-corrected chi connectivity index (χ4v) is 15.1. The molecule has 0 aromatic carbocycles. The van der Waals surface area contributed by atoms with E-state index in [0.29, 0.717) is 13.7 Å². The first-order valence-corrected chi connectivity index (χ1v) is 12.7. The molecule has 0 aliphatic carbocycles. The molecule has 0 fully saturated rings. The van der Waals surface area contributed by atoms with E-state index in [2.05, 4.69) is 83.1 Å². The summed E-state index contributed by atoms with van der Waals surface area (Å²) in [7, 11) is 0. The fraction of sp³-hybridized carbons (Fsp3) is 1.00. The Labute approximate surface area is 173 Å². The molecule has 20 heavy (non-hydrogen) atoms. The summed E-state index contributed by atoms with van der Waals surface area (Å²) in [5.74, 6) is 0. The third-order valence-corrected chi connectivity index (χ3v) is 10.1. The summed E-state index contributed by atoms with van der Waals surface area (Å²) in [5, 5.41) is 0. The Morgan fingerprint density at radius 2 is 0.450 bits per heavy atom. The Morgan fingerprint density at radius 3 is 0.450 bits per heavy atom. The molecule has 10 radical (unpaired) electrons. The summed E-state index contributed by atoms with van der Waals surface area (Å²) < 4.78 is 2.62. The Morgan fingerprint density at radius 1 is 0.350 bits per heavy atom. The maximum atomic E-state index is 2.37. The molecule has 0 nitrogen and oxygen atoms in total. The predicted octanol–water partition coefficient (Wildman–Crippen LogP) is 5.49. The molecule has 0 heterocycles. The zero-order valence-electron chi connectivity index (χ0n) is 15.9. The molecule has 0 aromatic rings. The molecule has 0 amide bonds. The van der Waals surface area contributed by atoms with Gasteiger partial charge < -0.3 is 0 Å². The summed E-state index contributed by atoms with van der Waals surface area (Å²) in [6.07, 6.45) is 0. The minimum Gasteiger partial charge on any atom is 0 e. The number of rotatable bonds is 0. The first-order valence-electron chi connectivity index (χ1n) is 7.00. The van der Waals surface area contributed by atoms with Gasteiger partial charge in [-0.15, -0.1) is 0 Å². The van der Waals surface area contributed by atoms with E-state index >= 15 is 0 Å². The van der Waals surface area contributed by atoms with Crippen LogP contribution < -0.4 is 0 Å². The van der Waals surface area contributed by atoms with Crippen molar-refractivity contribution in [1.29, 1.82) is 0 Å². The molecule has 0 aromatic heterocycles. The van der Waals surface area contributed by atoms with Crippen LogP contribution >= 0.6 is 0 Å². The molecule has 0 rings (SSSR count). The van der Waals surface area contributed by atoms with Gasteiger partial charge in [0.1, 0.15) is 0 Å². The Bertz CT molecular complexity index is 175. The van der Waals surface area contributed by atoms with E-state index in [4.69, 9.17) is 0 Å². The Balaban J connectivity index is -0.000000116. The van der Waals surface area contributed by atoms with Gasteiger partial charge in [0.25, 0.3) is 0 Å². The van der Waals surface area contributed by atoms with Gasteiger partial charge in [-0.25, -0.2) is 0 Å². The zero-order chi connectivity index (χ0) is 15.4. The van der Waals surface area contributed by atoms with E-state index in [9.17, 15) is 0 Å². The van der Waals surface area contributed by atoms with E-state index in [0.717, 1.165) is 0 Å².